The summed E-state index contributed by atoms with van der Waals surface area (Å²) in [6, 6.07) is 7.73. The first-order chi connectivity index (χ1) is 15.0. The number of nitrogens with zero attached hydrogens (tertiary/aromatic N) is 3. The summed E-state index contributed by atoms with van der Waals surface area (Å²) in [6.07, 6.45) is 0.872. The molecule has 1 fully saturated rings. The lowest BCUT2D eigenvalue weighted by Gasteiger charge is -2.37. The topological polar surface area (TPSA) is 71.4 Å². The quantitative estimate of drug-likeness (QED) is 0.653. The van der Waals surface area contributed by atoms with Gasteiger partial charge in [-0.3, -0.25) is 4.79 Å². The zero-order chi connectivity index (χ0) is 22.0. The van der Waals surface area contributed by atoms with Crippen molar-refractivity contribution in [3.8, 4) is 0 Å². The Morgan fingerprint density at radius 1 is 1.29 bits per heavy atom. The number of methoxy groups -OCH3 is 1. The number of thioether (sulfide) groups is 1. The van der Waals surface area contributed by atoms with Gasteiger partial charge in [0.15, 0.2) is 5.17 Å². The van der Waals surface area contributed by atoms with E-state index in [-0.39, 0.29) is 24.3 Å². The molecule has 0 unspecified atom stereocenters. The van der Waals surface area contributed by atoms with Crippen molar-refractivity contribution < 1.29 is 19.1 Å². The highest BCUT2D eigenvalue weighted by molar-refractivity contribution is 8.16. The van der Waals surface area contributed by atoms with Crippen LogP contribution in [-0.2, 0) is 19.1 Å². The Morgan fingerprint density at radius 3 is 2.74 bits per heavy atom. The second-order valence-electron chi connectivity index (χ2n) is 7.68. The maximum Gasteiger partial charge on any atom is 0.338 e. The number of aryl methyl sites for hydroxylation is 1. The third-order valence-corrected chi connectivity index (χ3v) is 6.57. The van der Waals surface area contributed by atoms with Crippen LogP contribution in [0.1, 0.15) is 36.9 Å². The second-order valence-corrected chi connectivity index (χ2v) is 8.52. The van der Waals surface area contributed by atoms with Crippen LogP contribution in [0, 0.1) is 6.92 Å². The van der Waals surface area contributed by atoms with Gasteiger partial charge in [0.25, 0.3) is 0 Å². The van der Waals surface area contributed by atoms with Crippen LogP contribution in [0.5, 0.6) is 0 Å². The fourth-order valence-corrected chi connectivity index (χ4v) is 5.08. The standard InChI is InChI=1S/C23H27N3O4S/c1-4-18-20(22(28)29-3)21(16-7-5-6-15(2)12-16)26-17(14-31-23(26)24-18)13-19(27)25-8-10-30-11-9-25/h5-7,12,14,21H,4,8-11,13H2,1-3H3/t21-/m0/s1. The molecule has 8 heteroatoms. The first-order valence-electron chi connectivity index (χ1n) is 10.5. The van der Waals surface area contributed by atoms with Crippen molar-refractivity contribution in [3.05, 3.63) is 57.8 Å². The van der Waals surface area contributed by atoms with E-state index in [0.29, 0.717) is 38.3 Å². The summed E-state index contributed by atoms with van der Waals surface area (Å²) in [5.41, 5.74) is 4.19. The van der Waals surface area contributed by atoms with E-state index in [1.807, 2.05) is 47.3 Å². The number of hydrogen-bond donors (Lipinski definition) is 0. The summed E-state index contributed by atoms with van der Waals surface area (Å²) >= 11 is 1.50. The molecule has 1 aromatic rings. The van der Waals surface area contributed by atoms with Gasteiger partial charge in [-0.25, -0.2) is 9.79 Å². The summed E-state index contributed by atoms with van der Waals surface area (Å²) in [5, 5.41) is 2.77. The predicted octanol–water partition coefficient (Wildman–Crippen LogP) is 3.38. The molecule has 3 aliphatic heterocycles. The third-order valence-electron chi connectivity index (χ3n) is 5.68. The molecule has 4 rings (SSSR count). The van der Waals surface area contributed by atoms with Gasteiger partial charge >= 0.3 is 5.97 Å². The Morgan fingerprint density at radius 2 is 2.06 bits per heavy atom. The average Bonchev–Trinajstić information content (AvgIpc) is 3.19. The van der Waals surface area contributed by atoms with Gasteiger partial charge in [0, 0.05) is 18.8 Å². The van der Waals surface area contributed by atoms with Gasteiger partial charge in [0.05, 0.1) is 44.1 Å². The van der Waals surface area contributed by atoms with E-state index in [4.69, 9.17) is 14.5 Å². The molecule has 164 valence electrons. The van der Waals surface area contributed by atoms with E-state index in [1.165, 1.54) is 18.9 Å². The van der Waals surface area contributed by atoms with Gasteiger partial charge in [-0.2, -0.15) is 0 Å². The van der Waals surface area contributed by atoms with Crippen molar-refractivity contribution in [1.29, 1.82) is 0 Å². The number of carbonyl (C=O) groups excluding carboxylic acids is 2. The lowest BCUT2D eigenvalue weighted by Crippen LogP contribution is -2.42. The predicted molar refractivity (Wildman–Crippen MR) is 120 cm³/mol. The number of rotatable bonds is 5. The highest BCUT2D eigenvalue weighted by Crippen LogP contribution is 2.45. The van der Waals surface area contributed by atoms with Gasteiger partial charge in [-0.15, -0.1) is 0 Å². The monoisotopic (exact) mass is 441 g/mol. The van der Waals surface area contributed by atoms with E-state index in [0.717, 1.165) is 27.7 Å². The van der Waals surface area contributed by atoms with E-state index >= 15 is 0 Å². The van der Waals surface area contributed by atoms with Crippen LogP contribution in [0.3, 0.4) is 0 Å². The third kappa shape index (κ3) is 4.27. The van der Waals surface area contributed by atoms with Gasteiger partial charge in [0.2, 0.25) is 5.91 Å². The number of amides is 1. The Balaban J connectivity index is 1.72. The van der Waals surface area contributed by atoms with Gasteiger partial charge < -0.3 is 19.3 Å². The fraction of sp³-hybridized carbons (Fsp3) is 0.435. The highest BCUT2D eigenvalue weighted by Gasteiger charge is 2.41. The van der Waals surface area contributed by atoms with Crippen molar-refractivity contribution >= 4 is 28.8 Å². The number of carbonyl (C=O) groups is 2. The summed E-state index contributed by atoms with van der Waals surface area (Å²) < 4.78 is 10.5. The molecular weight excluding hydrogens is 414 g/mol. The number of ether oxygens (including phenoxy) is 2. The van der Waals surface area contributed by atoms with Crippen LogP contribution < -0.4 is 0 Å². The van der Waals surface area contributed by atoms with E-state index in [1.54, 1.807) is 0 Å². The SMILES string of the molecule is CCC1=C(C(=O)OC)[C@H](c2cccc(C)c2)N2C(CC(=O)N3CCOCC3)=CSC2=N1. The van der Waals surface area contributed by atoms with Crippen LogP contribution in [0.2, 0.25) is 0 Å². The molecule has 31 heavy (non-hydrogen) atoms. The molecule has 1 aromatic carbocycles. The summed E-state index contributed by atoms with van der Waals surface area (Å²) in [5.74, 6) is -0.328. The molecule has 0 spiro atoms. The Labute approximate surface area is 186 Å². The number of allylic oxidation sites excluding steroid dienone is 1. The smallest absolute Gasteiger partial charge is 0.338 e. The van der Waals surface area contributed by atoms with E-state index in [2.05, 4.69) is 6.07 Å². The minimum absolute atomic E-state index is 0.0595. The first-order valence-corrected chi connectivity index (χ1v) is 11.4. The number of amidine groups is 1. The summed E-state index contributed by atoms with van der Waals surface area (Å²) in [7, 11) is 1.40. The maximum absolute atomic E-state index is 13.0. The molecule has 3 heterocycles. The Hall–Kier alpha value is -2.58. The minimum Gasteiger partial charge on any atom is -0.466 e. The van der Waals surface area contributed by atoms with Crippen molar-refractivity contribution in [3.63, 3.8) is 0 Å². The van der Waals surface area contributed by atoms with Crippen molar-refractivity contribution in [2.24, 2.45) is 4.99 Å². The number of hydrogen-bond acceptors (Lipinski definition) is 7. The molecule has 1 amide bonds. The van der Waals surface area contributed by atoms with Crippen LogP contribution in [0.15, 0.2) is 51.6 Å². The normalized spacial score (nSPS) is 20.9. The van der Waals surface area contributed by atoms with Gasteiger partial charge in [-0.1, -0.05) is 48.5 Å². The first kappa shape index (κ1) is 21.6. The highest BCUT2D eigenvalue weighted by atomic mass is 32.2. The molecule has 0 aliphatic carbocycles. The molecule has 0 aromatic heterocycles. The molecule has 1 atom stereocenters. The molecule has 0 bridgehead atoms. The van der Waals surface area contributed by atoms with Crippen molar-refractivity contribution in [1.82, 2.24) is 9.80 Å². The number of fused-ring (bicyclic) bond motifs is 1. The minimum atomic E-state index is -0.387. The molecule has 7 nitrogen and oxygen atoms in total. The van der Waals surface area contributed by atoms with E-state index in [9.17, 15) is 9.59 Å². The molecule has 3 aliphatic rings. The van der Waals surface area contributed by atoms with E-state index < -0.39 is 0 Å². The molecule has 0 radical (unpaired) electrons. The van der Waals surface area contributed by atoms with Crippen LogP contribution in [0.25, 0.3) is 0 Å². The lowest BCUT2D eigenvalue weighted by molar-refractivity contribution is -0.136. The second kappa shape index (κ2) is 9.28. The fourth-order valence-electron chi connectivity index (χ4n) is 4.15. The number of aliphatic imine (C=N–C) groups is 1. The zero-order valence-corrected chi connectivity index (χ0v) is 18.9. The number of morpholine rings is 1. The van der Waals surface area contributed by atoms with Crippen LogP contribution in [-0.4, -0.2) is 60.3 Å². The van der Waals surface area contributed by atoms with Gasteiger partial charge in [0.1, 0.15) is 0 Å². The largest absolute Gasteiger partial charge is 0.466 e. The summed E-state index contributed by atoms with van der Waals surface area (Å²) in [4.78, 5) is 34.5. The molecule has 1 saturated heterocycles. The number of benzene rings is 1. The van der Waals surface area contributed by atoms with Gasteiger partial charge in [-0.05, 0) is 24.3 Å². The van der Waals surface area contributed by atoms with Crippen LogP contribution >= 0.6 is 11.8 Å². The Kier molecular flexibility index (Phi) is 6.48. The maximum atomic E-state index is 13.0. The van der Waals surface area contributed by atoms with Crippen molar-refractivity contribution in [2.75, 3.05) is 33.4 Å². The summed E-state index contributed by atoms with van der Waals surface area (Å²) in [6.45, 7) is 6.36. The average molecular weight is 442 g/mol. The Bertz CT molecular complexity index is 979. The van der Waals surface area contributed by atoms with Crippen LogP contribution in [0.4, 0.5) is 0 Å². The van der Waals surface area contributed by atoms with Crippen molar-refractivity contribution in [2.45, 2.75) is 32.7 Å². The molecule has 0 N–H and O–H groups in total. The molecule has 0 saturated carbocycles. The number of esters is 1. The zero-order valence-electron chi connectivity index (χ0n) is 18.1. The lowest BCUT2D eigenvalue weighted by atomic mass is 9.92. The molecular formula is C23H27N3O4S.